The van der Waals surface area contributed by atoms with Gasteiger partial charge in [-0.25, -0.2) is 0 Å². The van der Waals surface area contributed by atoms with Gasteiger partial charge in [0, 0.05) is 12.7 Å². The van der Waals surface area contributed by atoms with E-state index in [4.69, 9.17) is 4.74 Å². The Hall–Kier alpha value is -3.32. The SMILES string of the molecule is Cc1cccc(C)c1NC(=O)C(C)Sc1nnc(COc2ccc3ccccc3c2)n1C. The van der Waals surface area contributed by atoms with Gasteiger partial charge in [-0.1, -0.05) is 60.3 Å². The maximum absolute atomic E-state index is 12.7. The van der Waals surface area contributed by atoms with Gasteiger partial charge in [-0.3, -0.25) is 4.79 Å². The fourth-order valence-corrected chi connectivity index (χ4v) is 4.26. The number of thioether (sulfide) groups is 1. The topological polar surface area (TPSA) is 69.0 Å². The van der Waals surface area contributed by atoms with E-state index in [2.05, 4.69) is 27.6 Å². The first-order chi connectivity index (χ1) is 15.4. The van der Waals surface area contributed by atoms with Gasteiger partial charge in [0.2, 0.25) is 5.91 Å². The number of benzene rings is 3. The number of amides is 1. The minimum absolute atomic E-state index is 0.0654. The molecule has 4 aromatic rings. The minimum Gasteiger partial charge on any atom is -0.486 e. The Bertz CT molecular complexity index is 1250. The number of ether oxygens (including phenoxy) is 1. The molecule has 164 valence electrons. The van der Waals surface area contributed by atoms with Crippen LogP contribution in [-0.4, -0.2) is 25.9 Å². The van der Waals surface area contributed by atoms with Gasteiger partial charge in [0.05, 0.1) is 5.25 Å². The fourth-order valence-electron chi connectivity index (χ4n) is 3.43. The highest BCUT2D eigenvalue weighted by Crippen LogP contribution is 2.26. The normalized spacial score (nSPS) is 12.0. The van der Waals surface area contributed by atoms with E-state index in [9.17, 15) is 4.79 Å². The summed E-state index contributed by atoms with van der Waals surface area (Å²) in [4.78, 5) is 12.7. The maximum atomic E-state index is 12.7. The third kappa shape index (κ3) is 4.78. The van der Waals surface area contributed by atoms with Crippen LogP contribution in [0.2, 0.25) is 0 Å². The lowest BCUT2D eigenvalue weighted by molar-refractivity contribution is -0.115. The number of nitrogens with one attached hydrogen (secondary N) is 1. The van der Waals surface area contributed by atoms with Crippen molar-refractivity contribution in [2.45, 2.75) is 37.8 Å². The molecule has 0 aliphatic rings. The number of carbonyl (C=O) groups excluding carboxylic acids is 1. The number of aromatic nitrogens is 3. The van der Waals surface area contributed by atoms with E-state index in [1.54, 1.807) is 0 Å². The van der Waals surface area contributed by atoms with E-state index in [1.807, 2.05) is 80.9 Å². The molecule has 0 saturated carbocycles. The Morgan fingerprint density at radius 1 is 1.03 bits per heavy atom. The van der Waals surface area contributed by atoms with E-state index >= 15 is 0 Å². The van der Waals surface area contributed by atoms with Gasteiger partial charge in [-0.05, 0) is 54.8 Å². The van der Waals surface area contributed by atoms with E-state index in [0.717, 1.165) is 28.0 Å². The number of anilines is 1. The van der Waals surface area contributed by atoms with Gasteiger partial charge in [-0.2, -0.15) is 0 Å². The van der Waals surface area contributed by atoms with Crippen molar-refractivity contribution >= 4 is 34.1 Å². The summed E-state index contributed by atoms with van der Waals surface area (Å²) in [6.07, 6.45) is 0. The third-order valence-corrected chi connectivity index (χ3v) is 6.53. The molecule has 0 aliphatic carbocycles. The molecule has 1 atom stereocenters. The number of hydrogen-bond donors (Lipinski definition) is 1. The Kier molecular flexibility index (Phi) is 6.46. The second kappa shape index (κ2) is 9.44. The molecular formula is C25H26N4O2S. The van der Waals surface area contributed by atoms with Gasteiger partial charge in [0.15, 0.2) is 11.0 Å². The summed E-state index contributed by atoms with van der Waals surface area (Å²) >= 11 is 1.38. The zero-order chi connectivity index (χ0) is 22.7. The number of para-hydroxylation sites is 1. The first-order valence-corrected chi connectivity index (χ1v) is 11.3. The lowest BCUT2D eigenvalue weighted by Gasteiger charge is -2.15. The van der Waals surface area contributed by atoms with Crippen molar-refractivity contribution in [3.05, 3.63) is 77.6 Å². The van der Waals surface area contributed by atoms with Crippen molar-refractivity contribution in [2.24, 2.45) is 7.05 Å². The van der Waals surface area contributed by atoms with Crippen molar-refractivity contribution in [1.29, 1.82) is 0 Å². The molecular weight excluding hydrogens is 420 g/mol. The van der Waals surface area contributed by atoms with E-state index in [0.29, 0.717) is 17.6 Å². The molecule has 32 heavy (non-hydrogen) atoms. The molecule has 0 aliphatic heterocycles. The Morgan fingerprint density at radius 2 is 1.75 bits per heavy atom. The lowest BCUT2D eigenvalue weighted by atomic mass is 10.1. The molecule has 1 aromatic heterocycles. The van der Waals surface area contributed by atoms with Gasteiger partial charge in [0.1, 0.15) is 12.4 Å². The van der Waals surface area contributed by atoms with Crippen molar-refractivity contribution in [2.75, 3.05) is 5.32 Å². The summed E-state index contributed by atoms with van der Waals surface area (Å²) in [7, 11) is 1.89. The quantitative estimate of drug-likeness (QED) is 0.391. The van der Waals surface area contributed by atoms with Crippen LogP contribution in [0.5, 0.6) is 5.75 Å². The van der Waals surface area contributed by atoms with Crippen LogP contribution in [0.3, 0.4) is 0 Å². The van der Waals surface area contributed by atoms with E-state index in [-0.39, 0.29) is 11.2 Å². The van der Waals surface area contributed by atoms with Crippen molar-refractivity contribution in [3.8, 4) is 5.75 Å². The first-order valence-electron chi connectivity index (χ1n) is 10.5. The average molecular weight is 447 g/mol. The predicted octanol–water partition coefficient (Wildman–Crippen LogP) is 5.28. The molecule has 1 unspecified atom stereocenters. The molecule has 6 nitrogen and oxygen atoms in total. The van der Waals surface area contributed by atoms with Crippen LogP contribution in [0, 0.1) is 13.8 Å². The molecule has 1 heterocycles. The summed E-state index contributed by atoms with van der Waals surface area (Å²) in [6, 6.07) is 20.1. The molecule has 0 fully saturated rings. The number of hydrogen-bond acceptors (Lipinski definition) is 5. The molecule has 0 saturated heterocycles. The molecule has 1 N–H and O–H groups in total. The smallest absolute Gasteiger partial charge is 0.237 e. The highest BCUT2D eigenvalue weighted by atomic mass is 32.2. The zero-order valence-electron chi connectivity index (χ0n) is 18.6. The van der Waals surface area contributed by atoms with Gasteiger partial charge in [-0.15, -0.1) is 10.2 Å². The van der Waals surface area contributed by atoms with Crippen molar-refractivity contribution in [1.82, 2.24) is 14.8 Å². The van der Waals surface area contributed by atoms with E-state index < -0.39 is 0 Å². The Morgan fingerprint density at radius 3 is 2.50 bits per heavy atom. The van der Waals surface area contributed by atoms with Crippen LogP contribution in [0.1, 0.15) is 23.9 Å². The van der Waals surface area contributed by atoms with Gasteiger partial charge < -0.3 is 14.6 Å². The molecule has 0 radical (unpaired) electrons. The minimum atomic E-state index is -0.328. The molecule has 0 bridgehead atoms. The van der Waals surface area contributed by atoms with Crippen LogP contribution in [0.25, 0.3) is 10.8 Å². The summed E-state index contributed by atoms with van der Waals surface area (Å²) < 4.78 is 7.81. The zero-order valence-corrected chi connectivity index (χ0v) is 19.4. The fraction of sp³-hybridized carbons (Fsp3) is 0.240. The number of aryl methyl sites for hydroxylation is 2. The van der Waals surface area contributed by atoms with Crippen LogP contribution < -0.4 is 10.1 Å². The molecule has 7 heteroatoms. The second-order valence-electron chi connectivity index (χ2n) is 7.77. The number of rotatable bonds is 7. The molecule has 1 amide bonds. The number of carbonyl (C=O) groups is 1. The third-order valence-electron chi connectivity index (χ3n) is 5.39. The monoisotopic (exact) mass is 446 g/mol. The predicted molar refractivity (Wildman–Crippen MR) is 129 cm³/mol. The summed E-state index contributed by atoms with van der Waals surface area (Å²) in [6.45, 7) is 6.15. The van der Waals surface area contributed by atoms with Crippen LogP contribution in [-0.2, 0) is 18.4 Å². The lowest BCUT2D eigenvalue weighted by Crippen LogP contribution is -2.23. The van der Waals surface area contributed by atoms with Crippen LogP contribution >= 0.6 is 11.8 Å². The Labute approximate surface area is 192 Å². The maximum Gasteiger partial charge on any atom is 0.237 e. The average Bonchev–Trinajstić information content (AvgIpc) is 3.13. The van der Waals surface area contributed by atoms with Crippen molar-refractivity contribution in [3.63, 3.8) is 0 Å². The first kappa shape index (κ1) is 21.9. The van der Waals surface area contributed by atoms with Crippen molar-refractivity contribution < 1.29 is 9.53 Å². The molecule has 3 aromatic carbocycles. The Balaban J connectivity index is 1.39. The highest BCUT2D eigenvalue weighted by molar-refractivity contribution is 8.00. The van der Waals surface area contributed by atoms with Gasteiger partial charge in [0.25, 0.3) is 0 Å². The number of fused-ring (bicyclic) bond motifs is 1. The molecule has 0 spiro atoms. The van der Waals surface area contributed by atoms with Crippen LogP contribution in [0.15, 0.2) is 65.8 Å². The van der Waals surface area contributed by atoms with Gasteiger partial charge >= 0.3 is 0 Å². The standard InChI is InChI=1S/C25H26N4O2S/c1-16-8-7-9-17(2)23(16)26-24(30)18(3)32-25-28-27-22(29(25)4)15-31-21-13-12-19-10-5-6-11-20(19)14-21/h5-14,18H,15H2,1-4H3,(H,26,30). The summed E-state index contributed by atoms with van der Waals surface area (Å²) in [5, 5.41) is 14.2. The summed E-state index contributed by atoms with van der Waals surface area (Å²) in [5.74, 6) is 1.41. The molecule has 4 rings (SSSR count). The highest BCUT2D eigenvalue weighted by Gasteiger charge is 2.20. The van der Waals surface area contributed by atoms with E-state index in [1.165, 1.54) is 17.1 Å². The van der Waals surface area contributed by atoms with Crippen LogP contribution in [0.4, 0.5) is 5.69 Å². The number of nitrogens with zero attached hydrogens (tertiary/aromatic N) is 3. The second-order valence-corrected chi connectivity index (χ2v) is 9.08. The summed E-state index contributed by atoms with van der Waals surface area (Å²) in [5.41, 5.74) is 2.96. The largest absolute Gasteiger partial charge is 0.486 e.